The van der Waals surface area contributed by atoms with Crippen molar-refractivity contribution in [3.63, 3.8) is 0 Å². The zero-order valence-corrected chi connectivity index (χ0v) is 12.0. The van der Waals surface area contributed by atoms with E-state index in [1.54, 1.807) is 0 Å². The second-order valence-corrected chi connectivity index (χ2v) is 5.64. The van der Waals surface area contributed by atoms with Crippen LogP contribution in [-0.4, -0.2) is 25.3 Å². The van der Waals surface area contributed by atoms with E-state index in [-0.39, 0.29) is 0 Å². The second-order valence-electron chi connectivity index (χ2n) is 5.64. The molecule has 0 amide bonds. The van der Waals surface area contributed by atoms with Crippen molar-refractivity contribution in [1.82, 2.24) is 5.32 Å². The van der Waals surface area contributed by atoms with Gasteiger partial charge in [0.15, 0.2) is 0 Å². The van der Waals surface area contributed by atoms with Gasteiger partial charge in [0, 0.05) is 6.54 Å². The maximum Gasteiger partial charge on any atom is 0.0703 e. The highest BCUT2D eigenvalue weighted by molar-refractivity contribution is 4.73. The minimum atomic E-state index is 0.432. The van der Waals surface area contributed by atoms with E-state index in [2.05, 4.69) is 26.1 Å². The molecule has 0 heterocycles. The fourth-order valence-electron chi connectivity index (χ4n) is 2.75. The van der Waals surface area contributed by atoms with Crippen molar-refractivity contribution in [3.8, 4) is 0 Å². The van der Waals surface area contributed by atoms with E-state index in [0.29, 0.717) is 12.2 Å². The Morgan fingerprint density at radius 2 is 2.06 bits per heavy atom. The molecule has 17 heavy (non-hydrogen) atoms. The molecule has 0 saturated heterocycles. The van der Waals surface area contributed by atoms with Gasteiger partial charge >= 0.3 is 0 Å². The van der Waals surface area contributed by atoms with Crippen molar-refractivity contribution in [3.05, 3.63) is 0 Å². The molecule has 2 heteroatoms. The average molecular weight is 241 g/mol. The summed E-state index contributed by atoms with van der Waals surface area (Å²) in [4.78, 5) is 0. The third-order valence-corrected chi connectivity index (χ3v) is 3.68. The van der Waals surface area contributed by atoms with Gasteiger partial charge in [-0.1, -0.05) is 40.0 Å². The average Bonchev–Trinajstić information content (AvgIpc) is 2.29. The van der Waals surface area contributed by atoms with Crippen molar-refractivity contribution >= 4 is 0 Å². The monoisotopic (exact) mass is 241 g/mol. The summed E-state index contributed by atoms with van der Waals surface area (Å²) in [6, 6.07) is 0. The van der Waals surface area contributed by atoms with E-state index < -0.39 is 0 Å². The quantitative estimate of drug-likeness (QED) is 0.653. The van der Waals surface area contributed by atoms with Crippen LogP contribution in [0.3, 0.4) is 0 Å². The lowest BCUT2D eigenvalue weighted by Gasteiger charge is -2.30. The summed E-state index contributed by atoms with van der Waals surface area (Å²) >= 11 is 0. The first kappa shape index (κ1) is 15.0. The molecule has 1 N–H and O–H groups in total. The highest BCUT2D eigenvalue weighted by Gasteiger charge is 2.22. The number of ether oxygens (including phenoxy) is 1. The molecule has 1 saturated carbocycles. The van der Waals surface area contributed by atoms with E-state index in [4.69, 9.17) is 4.74 Å². The van der Waals surface area contributed by atoms with E-state index in [9.17, 15) is 0 Å². The summed E-state index contributed by atoms with van der Waals surface area (Å²) < 4.78 is 6.29. The number of hydrogen-bond acceptors (Lipinski definition) is 2. The Bertz CT molecular complexity index is 184. The van der Waals surface area contributed by atoms with E-state index in [1.165, 1.54) is 44.9 Å². The largest absolute Gasteiger partial charge is 0.374 e. The van der Waals surface area contributed by atoms with Crippen LogP contribution in [0, 0.1) is 5.92 Å². The SMILES string of the molecule is CCCNCC(CCC)OC1CCCC(C)C1. The van der Waals surface area contributed by atoms with Crippen LogP contribution < -0.4 is 5.32 Å². The van der Waals surface area contributed by atoms with Crippen molar-refractivity contribution < 1.29 is 4.74 Å². The highest BCUT2D eigenvalue weighted by atomic mass is 16.5. The second kappa shape index (κ2) is 8.93. The molecule has 0 aromatic heterocycles. The van der Waals surface area contributed by atoms with Crippen LogP contribution in [0.25, 0.3) is 0 Å². The minimum absolute atomic E-state index is 0.432. The van der Waals surface area contributed by atoms with Gasteiger partial charge in [-0.15, -0.1) is 0 Å². The third kappa shape index (κ3) is 6.42. The predicted octanol–water partition coefficient (Wildman–Crippen LogP) is 3.75. The summed E-state index contributed by atoms with van der Waals surface area (Å²) in [5.41, 5.74) is 0. The Kier molecular flexibility index (Phi) is 7.87. The van der Waals surface area contributed by atoms with Gasteiger partial charge in [-0.25, -0.2) is 0 Å². The Hall–Kier alpha value is -0.0800. The number of rotatable bonds is 8. The Balaban J connectivity index is 2.26. The molecule has 1 aliphatic rings. The summed E-state index contributed by atoms with van der Waals surface area (Å²) in [5, 5.41) is 3.50. The van der Waals surface area contributed by atoms with E-state index in [1.807, 2.05) is 0 Å². The summed E-state index contributed by atoms with van der Waals surface area (Å²) in [6.07, 6.45) is 9.88. The fraction of sp³-hybridized carbons (Fsp3) is 1.00. The molecule has 0 bridgehead atoms. The standard InChI is InChI=1S/C15H31NO/c1-4-7-15(12-16-10-5-2)17-14-9-6-8-13(3)11-14/h13-16H,4-12H2,1-3H3. The minimum Gasteiger partial charge on any atom is -0.374 e. The van der Waals surface area contributed by atoms with Crippen LogP contribution in [0.4, 0.5) is 0 Å². The molecule has 0 aromatic rings. The third-order valence-electron chi connectivity index (χ3n) is 3.68. The van der Waals surface area contributed by atoms with Gasteiger partial charge in [0.1, 0.15) is 0 Å². The lowest BCUT2D eigenvalue weighted by molar-refractivity contribution is -0.0411. The van der Waals surface area contributed by atoms with Gasteiger partial charge < -0.3 is 10.1 Å². The Morgan fingerprint density at radius 1 is 1.24 bits per heavy atom. The van der Waals surface area contributed by atoms with Gasteiger partial charge in [0.25, 0.3) is 0 Å². The van der Waals surface area contributed by atoms with Crippen LogP contribution in [0.1, 0.15) is 65.7 Å². The molecule has 0 aliphatic heterocycles. The summed E-state index contributed by atoms with van der Waals surface area (Å²) in [5.74, 6) is 0.861. The fourth-order valence-corrected chi connectivity index (χ4v) is 2.75. The molecule has 1 rings (SSSR count). The van der Waals surface area contributed by atoms with Crippen molar-refractivity contribution in [2.24, 2.45) is 5.92 Å². The van der Waals surface area contributed by atoms with Gasteiger partial charge in [0.05, 0.1) is 12.2 Å². The molecular weight excluding hydrogens is 210 g/mol. The van der Waals surface area contributed by atoms with Crippen LogP contribution in [-0.2, 0) is 4.74 Å². The summed E-state index contributed by atoms with van der Waals surface area (Å²) in [6.45, 7) is 8.97. The molecule has 3 atom stereocenters. The van der Waals surface area contributed by atoms with Gasteiger partial charge in [-0.2, -0.15) is 0 Å². The molecule has 102 valence electrons. The molecule has 2 nitrogen and oxygen atoms in total. The van der Waals surface area contributed by atoms with Crippen LogP contribution in [0.2, 0.25) is 0 Å². The number of hydrogen-bond donors (Lipinski definition) is 1. The smallest absolute Gasteiger partial charge is 0.0703 e. The van der Waals surface area contributed by atoms with Crippen LogP contribution >= 0.6 is 0 Å². The first-order valence-corrected chi connectivity index (χ1v) is 7.62. The zero-order chi connectivity index (χ0) is 12.5. The highest BCUT2D eigenvalue weighted by Crippen LogP contribution is 2.27. The molecule has 0 spiro atoms. The van der Waals surface area contributed by atoms with Gasteiger partial charge in [-0.05, 0) is 38.1 Å². The van der Waals surface area contributed by atoms with E-state index >= 15 is 0 Å². The zero-order valence-electron chi connectivity index (χ0n) is 12.0. The van der Waals surface area contributed by atoms with Gasteiger partial charge in [-0.3, -0.25) is 0 Å². The molecular formula is C15H31NO. The molecule has 1 fully saturated rings. The lowest BCUT2D eigenvalue weighted by atomic mass is 9.88. The van der Waals surface area contributed by atoms with Gasteiger partial charge in [0.2, 0.25) is 0 Å². The Morgan fingerprint density at radius 3 is 2.71 bits per heavy atom. The summed E-state index contributed by atoms with van der Waals surface area (Å²) in [7, 11) is 0. The lowest BCUT2D eigenvalue weighted by Crippen LogP contribution is -2.34. The van der Waals surface area contributed by atoms with Crippen LogP contribution in [0.5, 0.6) is 0 Å². The Labute approximate surface area is 108 Å². The topological polar surface area (TPSA) is 21.3 Å². The molecule has 0 radical (unpaired) electrons. The van der Waals surface area contributed by atoms with Crippen molar-refractivity contribution in [1.29, 1.82) is 0 Å². The van der Waals surface area contributed by atoms with Crippen molar-refractivity contribution in [2.75, 3.05) is 13.1 Å². The normalized spacial score (nSPS) is 27.0. The van der Waals surface area contributed by atoms with E-state index in [0.717, 1.165) is 19.0 Å². The van der Waals surface area contributed by atoms with Crippen molar-refractivity contribution in [2.45, 2.75) is 77.9 Å². The number of nitrogens with one attached hydrogen (secondary N) is 1. The maximum absolute atomic E-state index is 6.29. The van der Waals surface area contributed by atoms with Crippen LogP contribution in [0.15, 0.2) is 0 Å². The molecule has 0 aromatic carbocycles. The molecule has 3 unspecified atom stereocenters. The predicted molar refractivity (Wildman–Crippen MR) is 74.4 cm³/mol. The first-order valence-electron chi connectivity index (χ1n) is 7.62. The first-order chi connectivity index (χ1) is 8.26. The maximum atomic E-state index is 6.29. The molecule has 1 aliphatic carbocycles.